The van der Waals surface area contributed by atoms with Crippen LogP contribution in [-0.4, -0.2) is 26.1 Å². The summed E-state index contributed by atoms with van der Waals surface area (Å²) in [4.78, 5) is 16.3. The Hall–Kier alpha value is -2.79. The second-order valence-electron chi connectivity index (χ2n) is 5.34. The van der Waals surface area contributed by atoms with Crippen molar-refractivity contribution in [3.05, 3.63) is 64.3 Å². The molecule has 5 nitrogen and oxygen atoms in total. The van der Waals surface area contributed by atoms with Gasteiger partial charge in [-0.2, -0.15) is 0 Å². The molecule has 1 heterocycles. The summed E-state index contributed by atoms with van der Waals surface area (Å²) in [5.41, 5.74) is 1.99. The molecule has 3 rings (SSSR count). The third kappa shape index (κ3) is 4.00. The van der Waals surface area contributed by atoms with E-state index >= 15 is 0 Å². The summed E-state index contributed by atoms with van der Waals surface area (Å²) in [5.74, 6) is 1.13. The van der Waals surface area contributed by atoms with Crippen LogP contribution in [0.3, 0.4) is 0 Å². The molecule has 0 atom stereocenters. The van der Waals surface area contributed by atoms with Crippen LogP contribution in [0.15, 0.2) is 53.2 Å². The molecule has 25 heavy (non-hydrogen) atoms. The molecule has 0 aliphatic carbocycles. The van der Waals surface area contributed by atoms with E-state index in [0.29, 0.717) is 28.8 Å². The summed E-state index contributed by atoms with van der Waals surface area (Å²) in [6.45, 7) is 0. The second kappa shape index (κ2) is 7.40. The molecule has 6 heteroatoms. The SMILES string of the molecule is COc1ccc(CC2=N/C(=C/c3ccc(Cl)cc3)C(=O)O2)cc1OC. The highest BCUT2D eigenvalue weighted by Gasteiger charge is 2.23. The zero-order valence-electron chi connectivity index (χ0n) is 13.8. The average Bonchev–Trinajstić information content (AvgIpc) is 2.96. The number of carbonyl (C=O) groups excluding carboxylic acids is 1. The van der Waals surface area contributed by atoms with Gasteiger partial charge >= 0.3 is 5.97 Å². The summed E-state index contributed by atoms with van der Waals surface area (Å²) in [6.07, 6.45) is 2.05. The molecule has 0 N–H and O–H groups in total. The van der Waals surface area contributed by atoms with E-state index in [1.165, 1.54) is 0 Å². The standard InChI is InChI=1S/C19H16ClNO4/c1-23-16-8-5-13(10-17(16)24-2)11-18-21-15(19(22)25-18)9-12-3-6-14(20)7-4-12/h3-10H,11H2,1-2H3/b15-9+. The Labute approximate surface area is 150 Å². The topological polar surface area (TPSA) is 57.1 Å². The minimum absolute atomic E-state index is 0.262. The largest absolute Gasteiger partial charge is 0.493 e. The van der Waals surface area contributed by atoms with Crippen molar-refractivity contribution >= 4 is 29.5 Å². The zero-order valence-corrected chi connectivity index (χ0v) is 14.5. The van der Waals surface area contributed by atoms with Crippen molar-refractivity contribution in [3.8, 4) is 11.5 Å². The fraction of sp³-hybridized carbons (Fsp3) is 0.158. The van der Waals surface area contributed by atoms with Gasteiger partial charge in [-0.3, -0.25) is 0 Å². The Bertz CT molecular complexity index is 856. The van der Waals surface area contributed by atoms with Crippen molar-refractivity contribution < 1.29 is 19.0 Å². The number of carbonyl (C=O) groups is 1. The Balaban J connectivity index is 1.80. The normalized spacial score (nSPS) is 15.1. The molecule has 0 fully saturated rings. The minimum Gasteiger partial charge on any atom is -0.493 e. The molecule has 0 unspecified atom stereocenters. The van der Waals surface area contributed by atoms with E-state index in [1.807, 2.05) is 24.3 Å². The lowest BCUT2D eigenvalue weighted by molar-refractivity contribution is -0.130. The fourth-order valence-corrected chi connectivity index (χ4v) is 2.54. The molecule has 0 saturated heterocycles. The van der Waals surface area contributed by atoms with E-state index in [2.05, 4.69) is 4.99 Å². The summed E-state index contributed by atoms with van der Waals surface area (Å²) in [6, 6.07) is 12.6. The highest BCUT2D eigenvalue weighted by molar-refractivity contribution is 6.30. The summed E-state index contributed by atoms with van der Waals surface area (Å²) in [5, 5.41) is 0.633. The number of aliphatic imine (C=N–C) groups is 1. The van der Waals surface area contributed by atoms with Crippen LogP contribution in [0.25, 0.3) is 6.08 Å². The first-order chi connectivity index (χ1) is 12.1. The van der Waals surface area contributed by atoms with Crippen molar-refractivity contribution in [1.29, 1.82) is 0 Å². The molecule has 128 valence electrons. The number of benzene rings is 2. The average molecular weight is 358 g/mol. The number of rotatable bonds is 5. The van der Waals surface area contributed by atoms with Gasteiger partial charge in [0.25, 0.3) is 0 Å². The van der Waals surface area contributed by atoms with Gasteiger partial charge in [0.15, 0.2) is 17.2 Å². The number of nitrogens with zero attached hydrogens (tertiary/aromatic N) is 1. The van der Waals surface area contributed by atoms with Crippen molar-refractivity contribution in [3.63, 3.8) is 0 Å². The third-order valence-corrected chi connectivity index (χ3v) is 3.89. The second-order valence-corrected chi connectivity index (χ2v) is 5.78. The van der Waals surface area contributed by atoms with Gasteiger partial charge in [-0.05, 0) is 41.5 Å². The molecule has 0 bridgehead atoms. The van der Waals surface area contributed by atoms with E-state index in [4.69, 9.17) is 25.8 Å². The molecule has 0 radical (unpaired) electrons. The third-order valence-electron chi connectivity index (χ3n) is 3.64. The van der Waals surface area contributed by atoms with Gasteiger partial charge in [-0.15, -0.1) is 0 Å². The molecule has 0 amide bonds. The number of hydrogen-bond acceptors (Lipinski definition) is 5. The van der Waals surface area contributed by atoms with E-state index in [-0.39, 0.29) is 5.70 Å². The molecule has 1 aliphatic heterocycles. The highest BCUT2D eigenvalue weighted by Crippen LogP contribution is 2.28. The van der Waals surface area contributed by atoms with Gasteiger partial charge in [-0.1, -0.05) is 29.8 Å². The first kappa shape index (κ1) is 17.0. The van der Waals surface area contributed by atoms with E-state index in [9.17, 15) is 4.79 Å². The van der Waals surface area contributed by atoms with Crippen LogP contribution in [0.1, 0.15) is 11.1 Å². The smallest absolute Gasteiger partial charge is 0.363 e. The lowest BCUT2D eigenvalue weighted by atomic mass is 10.1. The molecule has 2 aromatic carbocycles. The first-order valence-electron chi connectivity index (χ1n) is 7.57. The predicted molar refractivity (Wildman–Crippen MR) is 96.2 cm³/mol. The maximum absolute atomic E-state index is 12.0. The van der Waals surface area contributed by atoms with Crippen molar-refractivity contribution in [2.24, 2.45) is 4.99 Å². The minimum atomic E-state index is -0.467. The molecule has 1 aliphatic rings. The fourth-order valence-electron chi connectivity index (χ4n) is 2.41. The Morgan fingerprint density at radius 3 is 2.48 bits per heavy atom. The molecular formula is C19H16ClNO4. The van der Waals surface area contributed by atoms with Crippen LogP contribution in [0.4, 0.5) is 0 Å². The Kier molecular flexibility index (Phi) is 5.05. The number of methoxy groups -OCH3 is 2. The van der Waals surface area contributed by atoms with E-state index in [1.54, 1.807) is 38.5 Å². The molecule has 0 saturated carbocycles. The first-order valence-corrected chi connectivity index (χ1v) is 7.95. The maximum Gasteiger partial charge on any atom is 0.363 e. The van der Waals surface area contributed by atoms with E-state index in [0.717, 1.165) is 11.1 Å². The van der Waals surface area contributed by atoms with Gasteiger partial charge in [-0.25, -0.2) is 9.79 Å². The summed E-state index contributed by atoms with van der Waals surface area (Å²) in [7, 11) is 3.15. The molecule has 0 aromatic heterocycles. The summed E-state index contributed by atoms with van der Waals surface area (Å²) >= 11 is 5.86. The number of hydrogen-bond donors (Lipinski definition) is 0. The van der Waals surface area contributed by atoms with Crippen LogP contribution in [-0.2, 0) is 16.0 Å². The number of halogens is 1. The van der Waals surface area contributed by atoms with Crippen LogP contribution in [0.2, 0.25) is 5.02 Å². The van der Waals surface area contributed by atoms with Crippen molar-refractivity contribution in [1.82, 2.24) is 0 Å². The van der Waals surface area contributed by atoms with Crippen LogP contribution >= 0.6 is 11.6 Å². The lowest BCUT2D eigenvalue weighted by Crippen LogP contribution is -2.07. The number of cyclic esters (lactones) is 1. The molecule has 0 spiro atoms. The van der Waals surface area contributed by atoms with Gasteiger partial charge in [0, 0.05) is 11.4 Å². The van der Waals surface area contributed by atoms with Crippen LogP contribution < -0.4 is 9.47 Å². The lowest BCUT2D eigenvalue weighted by Gasteiger charge is -2.09. The molecular weight excluding hydrogens is 342 g/mol. The zero-order chi connectivity index (χ0) is 17.8. The van der Waals surface area contributed by atoms with Crippen molar-refractivity contribution in [2.75, 3.05) is 14.2 Å². The van der Waals surface area contributed by atoms with Gasteiger partial charge in [0.1, 0.15) is 0 Å². The van der Waals surface area contributed by atoms with Gasteiger partial charge < -0.3 is 14.2 Å². The van der Waals surface area contributed by atoms with E-state index < -0.39 is 5.97 Å². The maximum atomic E-state index is 12.0. The number of esters is 1. The quantitative estimate of drug-likeness (QED) is 0.601. The Morgan fingerprint density at radius 1 is 1.08 bits per heavy atom. The van der Waals surface area contributed by atoms with Crippen LogP contribution in [0.5, 0.6) is 11.5 Å². The highest BCUT2D eigenvalue weighted by atomic mass is 35.5. The Morgan fingerprint density at radius 2 is 1.80 bits per heavy atom. The molecule has 2 aromatic rings. The van der Waals surface area contributed by atoms with Gasteiger partial charge in [0.2, 0.25) is 5.90 Å². The monoisotopic (exact) mass is 357 g/mol. The van der Waals surface area contributed by atoms with Crippen LogP contribution in [0, 0.1) is 0 Å². The van der Waals surface area contributed by atoms with Crippen molar-refractivity contribution in [2.45, 2.75) is 6.42 Å². The summed E-state index contributed by atoms with van der Waals surface area (Å²) < 4.78 is 15.7. The van der Waals surface area contributed by atoms with Gasteiger partial charge in [0.05, 0.1) is 14.2 Å². The number of ether oxygens (including phenoxy) is 3. The predicted octanol–water partition coefficient (Wildman–Crippen LogP) is 3.90.